The molecule has 0 spiro atoms. The van der Waals surface area contributed by atoms with Crippen LogP contribution in [0.1, 0.15) is 37.8 Å². The maximum atomic E-state index is 4.75. The van der Waals surface area contributed by atoms with Crippen molar-refractivity contribution in [3.05, 3.63) is 54.6 Å². The van der Waals surface area contributed by atoms with Gasteiger partial charge in [-0.05, 0) is 55.8 Å². The molecule has 1 aliphatic heterocycles. The third-order valence-electron chi connectivity index (χ3n) is 5.81. The van der Waals surface area contributed by atoms with E-state index in [-0.39, 0.29) is 0 Å². The molecule has 158 valence electrons. The Kier molecular flexibility index (Phi) is 5.07. The highest BCUT2D eigenvalue weighted by Gasteiger charge is 2.21. The Morgan fingerprint density at radius 2 is 1.94 bits per heavy atom. The Morgan fingerprint density at radius 3 is 2.74 bits per heavy atom. The summed E-state index contributed by atoms with van der Waals surface area (Å²) >= 11 is 0. The average molecular weight is 415 g/mol. The van der Waals surface area contributed by atoms with Gasteiger partial charge in [0.05, 0.1) is 29.5 Å². The van der Waals surface area contributed by atoms with E-state index in [9.17, 15) is 0 Å². The molecule has 1 saturated heterocycles. The van der Waals surface area contributed by atoms with Gasteiger partial charge in [-0.1, -0.05) is 13.8 Å². The van der Waals surface area contributed by atoms with E-state index in [1.807, 2.05) is 30.6 Å². The molecule has 1 atom stereocenters. The lowest BCUT2D eigenvalue weighted by Crippen LogP contribution is -2.16. The molecular formula is C23H26N8. The van der Waals surface area contributed by atoms with Crippen LogP contribution in [0, 0.1) is 0 Å². The summed E-state index contributed by atoms with van der Waals surface area (Å²) in [6, 6.07) is 8.38. The van der Waals surface area contributed by atoms with Gasteiger partial charge in [-0.2, -0.15) is 10.2 Å². The first-order valence-electron chi connectivity index (χ1n) is 10.6. The van der Waals surface area contributed by atoms with E-state index in [2.05, 4.69) is 68.3 Å². The van der Waals surface area contributed by atoms with Crippen LogP contribution in [-0.4, -0.2) is 55.0 Å². The van der Waals surface area contributed by atoms with Gasteiger partial charge < -0.3 is 10.2 Å². The molecule has 31 heavy (non-hydrogen) atoms. The van der Waals surface area contributed by atoms with Crippen molar-refractivity contribution in [3.63, 3.8) is 0 Å². The lowest BCUT2D eigenvalue weighted by Gasteiger charge is -2.10. The fourth-order valence-electron chi connectivity index (χ4n) is 3.94. The zero-order chi connectivity index (χ0) is 21.4. The summed E-state index contributed by atoms with van der Waals surface area (Å²) < 4.78 is 2.08. The normalized spacial score (nSPS) is 17.0. The van der Waals surface area contributed by atoms with Gasteiger partial charge in [0.15, 0.2) is 5.82 Å². The van der Waals surface area contributed by atoms with Crippen LogP contribution in [0.3, 0.4) is 0 Å². The van der Waals surface area contributed by atoms with E-state index < -0.39 is 0 Å². The predicted octanol–water partition coefficient (Wildman–Crippen LogP) is 4.03. The van der Waals surface area contributed by atoms with Crippen molar-refractivity contribution in [1.82, 2.24) is 34.8 Å². The number of likely N-dealkylation sites (N-methyl/N-ethyl adjacent to an activating group) is 1. The Labute approximate surface area is 181 Å². The van der Waals surface area contributed by atoms with Gasteiger partial charge >= 0.3 is 0 Å². The van der Waals surface area contributed by atoms with Gasteiger partial charge in [0, 0.05) is 30.1 Å². The van der Waals surface area contributed by atoms with Crippen molar-refractivity contribution in [2.45, 2.75) is 32.2 Å². The van der Waals surface area contributed by atoms with Crippen LogP contribution in [-0.2, 0) is 0 Å². The van der Waals surface area contributed by atoms with Crippen molar-refractivity contribution < 1.29 is 0 Å². The van der Waals surface area contributed by atoms with Gasteiger partial charge in [-0.25, -0.2) is 4.98 Å². The molecule has 5 rings (SSSR count). The third-order valence-corrected chi connectivity index (χ3v) is 5.81. The van der Waals surface area contributed by atoms with Crippen LogP contribution in [0.4, 0.5) is 11.6 Å². The molecule has 4 aromatic rings. The van der Waals surface area contributed by atoms with Gasteiger partial charge in [-0.3, -0.25) is 9.67 Å². The van der Waals surface area contributed by atoms with E-state index in [0.29, 0.717) is 23.6 Å². The Balaban J connectivity index is 1.41. The SMILES string of the molecule is CC(C)c1cnnc(Nc2ccc3ncc(-c4cnn([C@@H]5CCN(C)C5)c4)cc3n2)c1. The van der Waals surface area contributed by atoms with E-state index in [4.69, 9.17) is 4.98 Å². The molecule has 5 heterocycles. The number of nitrogens with one attached hydrogen (secondary N) is 1. The monoisotopic (exact) mass is 414 g/mol. The quantitative estimate of drug-likeness (QED) is 0.528. The number of pyridine rings is 2. The topological polar surface area (TPSA) is 84.7 Å². The summed E-state index contributed by atoms with van der Waals surface area (Å²) in [5, 5.41) is 16.1. The number of hydrogen-bond acceptors (Lipinski definition) is 7. The molecule has 8 heteroatoms. The molecule has 0 unspecified atom stereocenters. The first-order chi connectivity index (χ1) is 15.0. The van der Waals surface area contributed by atoms with Crippen molar-refractivity contribution in [3.8, 4) is 11.1 Å². The van der Waals surface area contributed by atoms with E-state index >= 15 is 0 Å². The number of nitrogens with zero attached hydrogens (tertiary/aromatic N) is 7. The molecule has 4 aromatic heterocycles. The number of fused-ring (bicyclic) bond motifs is 1. The summed E-state index contributed by atoms with van der Waals surface area (Å²) in [6.07, 6.45) is 8.84. The maximum absolute atomic E-state index is 4.75. The van der Waals surface area contributed by atoms with Crippen LogP contribution >= 0.6 is 0 Å². The van der Waals surface area contributed by atoms with Gasteiger partial charge in [0.1, 0.15) is 5.82 Å². The van der Waals surface area contributed by atoms with E-state index in [0.717, 1.165) is 47.2 Å². The largest absolute Gasteiger partial charge is 0.323 e. The third kappa shape index (κ3) is 4.11. The highest BCUT2D eigenvalue weighted by molar-refractivity contribution is 5.81. The molecule has 0 radical (unpaired) electrons. The van der Waals surface area contributed by atoms with Crippen LogP contribution in [0.2, 0.25) is 0 Å². The first kappa shape index (κ1) is 19.6. The number of hydrogen-bond donors (Lipinski definition) is 1. The fourth-order valence-corrected chi connectivity index (χ4v) is 3.94. The molecule has 0 saturated carbocycles. The van der Waals surface area contributed by atoms with Crippen LogP contribution in [0.15, 0.2) is 49.1 Å². The highest BCUT2D eigenvalue weighted by Crippen LogP contribution is 2.26. The van der Waals surface area contributed by atoms with Crippen molar-refractivity contribution in [2.24, 2.45) is 0 Å². The van der Waals surface area contributed by atoms with Gasteiger partial charge in [-0.15, -0.1) is 5.10 Å². The molecule has 0 amide bonds. The Morgan fingerprint density at radius 1 is 1.03 bits per heavy atom. The van der Waals surface area contributed by atoms with E-state index in [1.165, 1.54) is 0 Å². The number of aromatic nitrogens is 6. The Bertz CT molecular complexity index is 1220. The van der Waals surface area contributed by atoms with Crippen LogP contribution in [0.5, 0.6) is 0 Å². The van der Waals surface area contributed by atoms with Gasteiger partial charge in [0.2, 0.25) is 0 Å². The van der Waals surface area contributed by atoms with Crippen LogP contribution in [0.25, 0.3) is 22.2 Å². The molecule has 8 nitrogen and oxygen atoms in total. The minimum Gasteiger partial charge on any atom is -0.323 e. The standard InChI is InChI=1S/C23H26N8/c1-15(2)16-9-23(29-25-11-16)28-22-5-4-20-21(27-22)8-17(10-24-20)18-12-26-31(13-18)19-6-7-30(3)14-19/h4-5,8-13,15,19H,6-7,14H2,1-3H3,(H,27,28,29)/t19-/m1/s1. The lowest BCUT2D eigenvalue weighted by molar-refractivity contribution is 0.382. The minimum absolute atomic E-state index is 0.387. The minimum atomic E-state index is 0.387. The number of likely N-dealkylation sites (tertiary alicyclic amines) is 1. The summed E-state index contributed by atoms with van der Waals surface area (Å²) in [5.41, 5.74) is 4.87. The second kappa shape index (κ2) is 8.03. The second-order valence-electron chi connectivity index (χ2n) is 8.53. The molecule has 1 N–H and O–H groups in total. The Hall–Kier alpha value is -3.39. The van der Waals surface area contributed by atoms with Gasteiger partial charge in [0.25, 0.3) is 0 Å². The summed E-state index contributed by atoms with van der Waals surface area (Å²) in [4.78, 5) is 11.7. The smallest absolute Gasteiger partial charge is 0.154 e. The van der Waals surface area contributed by atoms with E-state index in [1.54, 1.807) is 6.20 Å². The molecule has 0 bridgehead atoms. The maximum Gasteiger partial charge on any atom is 0.154 e. The summed E-state index contributed by atoms with van der Waals surface area (Å²) in [7, 11) is 2.15. The first-order valence-corrected chi connectivity index (χ1v) is 10.6. The zero-order valence-electron chi connectivity index (χ0n) is 18.0. The summed E-state index contributed by atoms with van der Waals surface area (Å²) in [5.74, 6) is 1.79. The average Bonchev–Trinajstić information content (AvgIpc) is 3.42. The number of anilines is 2. The van der Waals surface area contributed by atoms with Crippen molar-refractivity contribution >= 4 is 22.7 Å². The molecule has 1 fully saturated rings. The zero-order valence-corrected chi connectivity index (χ0v) is 18.0. The molecule has 1 aliphatic rings. The number of rotatable bonds is 5. The molecule has 0 aromatic carbocycles. The molecular weight excluding hydrogens is 388 g/mol. The van der Waals surface area contributed by atoms with Crippen LogP contribution < -0.4 is 5.32 Å². The summed E-state index contributed by atoms with van der Waals surface area (Å²) in [6.45, 7) is 6.42. The van der Waals surface area contributed by atoms with Crippen molar-refractivity contribution in [1.29, 1.82) is 0 Å². The predicted molar refractivity (Wildman–Crippen MR) is 121 cm³/mol. The molecule has 0 aliphatic carbocycles. The van der Waals surface area contributed by atoms with Crippen molar-refractivity contribution in [2.75, 3.05) is 25.5 Å². The highest BCUT2D eigenvalue weighted by atomic mass is 15.3. The lowest BCUT2D eigenvalue weighted by atomic mass is 10.1. The second-order valence-corrected chi connectivity index (χ2v) is 8.53. The fraction of sp³-hybridized carbons (Fsp3) is 0.348.